The zero-order chi connectivity index (χ0) is 19.9. The molecule has 0 aliphatic rings. The molecule has 28 heavy (non-hydrogen) atoms. The molecular weight excluding hydrogens is 350 g/mol. The molecule has 0 N–H and O–H groups in total. The molecule has 5 heteroatoms. The number of hydrogen-bond donors (Lipinski definition) is 0. The molecule has 0 saturated heterocycles. The van der Waals surface area contributed by atoms with Crippen LogP contribution in [-0.2, 0) is 22.4 Å². The van der Waals surface area contributed by atoms with Crippen molar-refractivity contribution in [3.05, 3.63) is 65.1 Å². The molecule has 2 heterocycles. The summed E-state index contributed by atoms with van der Waals surface area (Å²) in [4.78, 5) is 16.5. The van der Waals surface area contributed by atoms with E-state index in [0.717, 1.165) is 48.2 Å². The number of carbonyl (C=O) groups is 1. The summed E-state index contributed by atoms with van der Waals surface area (Å²) < 4.78 is 7.25. The summed E-state index contributed by atoms with van der Waals surface area (Å²) in [6.45, 7) is 6.58. The summed E-state index contributed by atoms with van der Waals surface area (Å²) in [5.41, 5.74) is 5.43. The molecule has 2 aromatic heterocycles. The maximum Gasteiger partial charge on any atom is 0.306 e. The zero-order valence-electron chi connectivity index (χ0n) is 17.0. The second-order valence-electron chi connectivity index (χ2n) is 7.60. The van der Waals surface area contributed by atoms with Crippen LogP contribution in [0.4, 0.5) is 0 Å². The highest BCUT2D eigenvalue weighted by Gasteiger charge is 2.11. The molecule has 5 nitrogen and oxygen atoms in total. The van der Waals surface area contributed by atoms with Crippen molar-refractivity contribution in [1.29, 1.82) is 0 Å². The highest BCUT2D eigenvalue weighted by molar-refractivity contribution is 5.69. The normalized spacial score (nSPS) is 12.2. The summed E-state index contributed by atoms with van der Waals surface area (Å²) in [6.07, 6.45) is 7.97. The minimum atomic E-state index is -0.104. The monoisotopic (exact) mass is 379 g/mol. The van der Waals surface area contributed by atoms with Crippen molar-refractivity contribution in [2.24, 2.45) is 5.92 Å². The van der Waals surface area contributed by atoms with Crippen molar-refractivity contribution < 1.29 is 9.53 Å². The predicted octanol–water partition coefficient (Wildman–Crippen LogP) is 4.48. The third-order valence-corrected chi connectivity index (χ3v) is 5.15. The molecule has 1 aromatic carbocycles. The maximum atomic E-state index is 12.0. The van der Waals surface area contributed by atoms with E-state index in [4.69, 9.17) is 4.74 Å². The number of nitrogens with zero attached hydrogens (tertiary/aromatic N) is 3. The second-order valence-corrected chi connectivity index (χ2v) is 7.60. The molecule has 0 bridgehead atoms. The van der Waals surface area contributed by atoms with Crippen LogP contribution in [0.15, 0.2) is 42.7 Å². The fourth-order valence-corrected chi connectivity index (χ4v) is 3.29. The molecule has 3 aromatic rings. The van der Waals surface area contributed by atoms with Gasteiger partial charge in [-0.3, -0.25) is 4.79 Å². The highest BCUT2D eigenvalue weighted by Crippen LogP contribution is 2.15. The molecular formula is C23H29N3O2. The van der Waals surface area contributed by atoms with Crippen molar-refractivity contribution >= 4 is 11.6 Å². The van der Waals surface area contributed by atoms with Crippen LogP contribution < -0.4 is 0 Å². The van der Waals surface area contributed by atoms with Gasteiger partial charge in [0.1, 0.15) is 0 Å². The van der Waals surface area contributed by atoms with Gasteiger partial charge >= 0.3 is 5.97 Å². The van der Waals surface area contributed by atoms with Crippen molar-refractivity contribution in [3.63, 3.8) is 0 Å². The van der Waals surface area contributed by atoms with E-state index in [2.05, 4.69) is 41.3 Å². The third kappa shape index (κ3) is 5.41. The second kappa shape index (κ2) is 9.49. The summed E-state index contributed by atoms with van der Waals surface area (Å²) in [5.74, 6) is 0.220. The lowest BCUT2D eigenvalue weighted by Crippen LogP contribution is -2.11. The van der Waals surface area contributed by atoms with E-state index in [-0.39, 0.29) is 5.97 Å². The molecule has 0 aliphatic heterocycles. The zero-order valence-corrected chi connectivity index (χ0v) is 17.0. The van der Waals surface area contributed by atoms with Gasteiger partial charge in [-0.25, -0.2) is 9.50 Å². The molecule has 0 spiro atoms. The van der Waals surface area contributed by atoms with E-state index in [1.54, 1.807) is 0 Å². The van der Waals surface area contributed by atoms with Crippen molar-refractivity contribution in [1.82, 2.24) is 14.6 Å². The number of benzene rings is 1. The van der Waals surface area contributed by atoms with Gasteiger partial charge in [0, 0.05) is 24.4 Å². The Hall–Kier alpha value is -2.69. The summed E-state index contributed by atoms with van der Waals surface area (Å²) in [6, 6.07) is 10.4. The van der Waals surface area contributed by atoms with Crippen LogP contribution in [0.25, 0.3) is 5.65 Å². The highest BCUT2D eigenvalue weighted by atomic mass is 16.5. The Morgan fingerprint density at radius 1 is 1.14 bits per heavy atom. The molecule has 3 rings (SSSR count). The minimum absolute atomic E-state index is 0.104. The smallest absolute Gasteiger partial charge is 0.306 e. The first-order valence-electron chi connectivity index (χ1n) is 10.0. The predicted molar refractivity (Wildman–Crippen MR) is 110 cm³/mol. The maximum absolute atomic E-state index is 12.0. The Balaban J connectivity index is 1.36. The third-order valence-electron chi connectivity index (χ3n) is 5.15. The van der Waals surface area contributed by atoms with E-state index in [1.165, 1.54) is 5.56 Å². The molecule has 0 amide bonds. The number of hydrogen-bond acceptors (Lipinski definition) is 4. The van der Waals surface area contributed by atoms with Crippen LogP contribution in [0.5, 0.6) is 0 Å². The molecule has 0 aliphatic carbocycles. The number of aromatic nitrogens is 3. The average Bonchev–Trinajstić information content (AvgIpc) is 2.98. The minimum Gasteiger partial charge on any atom is -0.466 e. The number of esters is 1. The van der Waals surface area contributed by atoms with Crippen LogP contribution in [0.2, 0.25) is 0 Å². The first kappa shape index (κ1) is 20.1. The number of fused-ring (bicyclic) bond motifs is 1. The van der Waals surface area contributed by atoms with E-state index in [0.29, 0.717) is 18.9 Å². The molecule has 0 radical (unpaired) electrons. The quantitative estimate of drug-likeness (QED) is 0.406. The van der Waals surface area contributed by atoms with Gasteiger partial charge in [0.15, 0.2) is 5.65 Å². The van der Waals surface area contributed by atoms with Gasteiger partial charge in [-0.05, 0) is 56.6 Å². The number of ether oxygens (including phenoxy) is 1. The molecule has 1 unspecified atom stereocenters. The standard InChI is InChI=1S/C23H29N3O2/c1-17(11-12-20-8-5-4-6-9-20)14-22(27)28-13-7-10-21-15-24-23-18(2)19(3)25-26(23)16-21/h4-6,8-9,15-17H,7,10-14H2,1-3H3. The Labute approximate surface area is 166 Å². The number of rotatable bonds is 9. The van der Waals surface area contributed by atoms with E-state index < -0.39 is 0 Å². The molecule has 0 saturated carbocycles. The summed E-state index contributed by atoms with van der Waals surface area (Å²) in [7, 11) is 0. The van der Waals surface area contributed by atoms with Crippen LogP contribution in [-0.4, -0.2) is 27.2 Å². The van der Waals surface area contributed by atoms with Gasteiger partial charge in [0.05, 0.1) is 12.3 Å². The van der Waals surface area contributed by atoms with Gasteiger partial charge in [0.25, 0.3) is 0 Å². The lowest BCUT2D eigenvalue weighted by atomic mass is 9.98. The largest absolute Gasteiger partial charge is 0.466 e. The van der Waals surface area contributed by atoms with Crippen LogP contribution in [0.3, 0.4) is 0 Å². The SMILES string of the molecule is Cc1nn2cc(CCCOC(=O)CC(C)CCc3ccccc3)cnc2c1C. The number of aryl methyl sites for hydroxylation is 4. The molecule has 148 valence electrons. The van der Waals surface area contributed by atoms with Crippen molar-refractivity contribution in [3.8, 4) is 0 Å². The van der Waals surface area contributed by atoms with Crippen LogP contribution in [0, 0.1) is 19.8 Å². The van der Waals surface area contributed by atoms with Crippen LogP contribution in [0.1, 0.15) is 48.6 Å². The topological polar surface area (TPSA) is 56.5 Å². The Morgan fingerprint density at radius 2 is 1.93 bits per heavy atom. The van der Waals surface area contributed by atoms with Gasteiger partial charge in [-0.2, -0.15) is 5.10 Å². The van der Waals surface area contributed by atoms with Gasteiger partial charge in [-0.1, -0.05) is 37.3 Å². The van der Waals surface area contributed by atoms with Crippen molar-refractivity contribution in [2.45, 2.75) is 52.9 Å². The van der Waals surface area contributed by atoms with Gasteiger partial charge in [-0.15, -0.1) is 0 Å². The van der Waals surface area contributed by atoms with E-state index in [1.807, 2.05) is 36.8 Å². The first-order valence-corrected chi connectivity index (χ1v) is 10.0. The Bertz CT molecular complexity index is 918. The Kier molecular flexibility index (Phi) is 6.80. The van der Waals surface area contributed by atoms with Gasteiger partial charge < -0.3 is 4.74 Å². The lowest BCUT2D eigenvalue weighted by molar-refractivity contribution is -0.144. The fourth-order valence-electron chi connectivity index (χ4n) is 3.29. The van der Waals surface area contributed by atoms with E-state index >= 15 is 0 Å². The fraction of sp³-hybridized carbons (Fsp3) is 0.435. The lowest BCUT2D eigenvalue weighted by Gasteiger charge is -2.11. The average molecular weight is 380 g/mol. The van der Waals surface area contributed by atoms with E-state index in [9.17, 15) is 4.79 Å². The van der Waals surface area contributed by atoms with Gasteiger partial charge in [0.2, 0.25) is 0 Å². The molecule has 0 fully saturated rings. The summed E-state index contributed by atoms with van der Waals surface area (Å²) in [5, 5.41) is 4.47. The summed E-state index contributed by atoms with van der Waals surface area (Å²) >= 11 is 0. The number of carbonyl (C=O) groups excluding carboxylic acids is 1. The van der Waals surface area contributed by atoms with Crippen LogP contribution >= 0.6 is 0 Å². The molecule has 1 atom stereocenters. The Morgan fingerprint density at radius 3 is 2.71 bits per heavy atom. The van der Waals surface area contributed by atoms with Crippen molar-refractivity contribution in [2.75, 3.05) is 6.61 Å². The first-order chi connectivity index (χ1) is 13.5.